The number of ether oxygens (including phenoxy) is 1. The van der Waals surface area contributed by atoms with Crippen LogP contribution in [0.5, 0.6) is 0 Å². The first-order chi connectivity index (χ1) is 15.3. The molecule has 180 valence electrons. The van der Waals surface area contributed by atoms with Gasteiger partial charge in [0.15, 0.2) is 6.61 Å². The van der Waals surface area contributed by atoms with Gasteiger partial charge >= 0.3 is 11.9 Å². The van der Waals surface area contributed by atoms with Crippen molar-refractivity contribution < 1.29 is 33.8 Å². The summed E-state index contributed by atoms with van der Waals surface area (Å²) in [5.74, 6) is -2.90. The smallest absolute Gasteiger partial charge is 0.328 e. The molecule has 4 N–H and O–H groups in total. The van der Waals surface area contributed by atoms with Crippen molar-refractivity contribution in [2.45, 2.75) is 51.5 Å². The molecule has 2 aliphatic rings. The summed E-state index contributed by atoms with van der Waals surface area (Å²) in [6, 6.07) is -1.35. The number of likely N-dealkylation sites (tertiary alicyclic amines) is 1. The summed E-state index contributed by atoms with van der Waals surface area (Å²) < 4.78 is 4.53. The molecule has 0 aromatic rings. The molecule has 0 spiro atoms. The van der Waals surface area contributed by atoms with Crippen molar-refractivity contribution in [2.75, 3.05) is 39.3 Å². The van der Waals surface area contributed by atoms with E-state index >= 15 is 0 Å². The van der Waals surface area contributed by atoms with Crippen molar-refractivity contribution in [3.8, 4) is 0 Å². The minimum absolute atomic E-state index is 0.0576. The zero-order chi connectivity index (χ0) is 23.5. The Morgan fingerprint density at radius 1 is 1.16 bits per heavy atom. The SMILES string of the molecule is CC(=O)OCC(=O)N[C@@H](CNC(=O)[C@@H]1CCCN(C(=O)CCC2CCNCC2)C1)C(=O)O. The zero-order valence-corrected chi connectivity index (χ0v) is 18.6. The van der Waals surface area contributed by atoms with Gasteiger partial charge in [-0.15, -0.1) is 0 Å². The van der Waals surface area contributed by atoms with Crippen LogP contribution in [-0.4, -0.2) is 85.0 Å². The number of carbonyl (C=O) groups is 5. The third kappa shape index (κ3) is 8.81. The molecule has 32 heavy (non-hydrogen) atoms. The number of aliphatic carboxylic acids is 1. The van der Waals surface area contributed by atoms with Gasteiger partial charge in [0, 0.05) is 33.0 Å². The lowest BCUT2D eigenvalue weighted by molar-refractivity contribution is -0.148. The molecule has 2 aliphatic heterocycles. The second-order valence-corrected chi connectivity index (χ2v) is 8.39. The lowest BCUT2D eigenvalue weighted by atomic mass is 9.92. The molecule has 3 amide bonds. The Morgan fingerprint density at radius 3 is 2.53 bits per heavy atom. The molecule has 2 rings (SSSR count). The number of piperidine rings is 2. The molecule has 11 heteroatoms. The third-order valence-electron chi connectivity index (χ3n) is 5.89. The van der Waals surface area contributed by atoms with Crippen molar-refractivity contribution in [3.63, 3.8) is 0 Å². The van der Waals surface area contributed by atoms with Crippen LogP contribution in [0.1, 0.15) is 45.4 Å². The number of carboxylic acid groups (broad SMARTS) is 1. The monoisotopic (exact) mass is 454 g/mol. The zero-order valence-electron chi connectivity index (χ0n) is 18.6. The Kier molecular flexibility index (Phi) is 10.4. The molecule has 11 nitrogen and oxygen atoms in total. The van der Waals surface area contributed by atoms with Crippen LogP contribution >= 0.6 is 0 Å². The molecule has 0 aromatic carbocycles. The second kappa shape index (κ2) is 13.0. The molecular weight excluding hydrogens is 420 g/mol. The predicted molar refractivity (Wildman–Crippen MR) is 113 cm³/mol. The summed E-state index contributed by atoms with van der Waals surface area (Å²) in [5.41, 5.74) is 0. The van der Waals surface area contributed by atoms with E-state index in [1.165, 1.54) is 0 Å². The summed E-state index contributed by atoms with van der Waals surface area (Å²) >= 11 is 0. The van der Waals surface area contributed by atoms with Crippen LogP contribution in [0.4, 0.5) is 0 Å². The third-order valence-corrected chi connectivity index (χ3v) is 5.89. The van der Waals surface area contributed by atoms with Gasteiger partial charge in [0.05, 0.1) is 5.92 Å². The molecule has 2 heterocycles. The Balaban J connectivity index is 1.77. The molecule has 2 saturated heterocycles. The maximum atomic E-state index is 12.6. The van der Waals surface area contributed by atoms with Crippen molar-refractivity contribution in [2.24, 2.45) is 11.8 Å². The van der Waals surface area contributed by atoms with Gasteiger partial charge in [-0.3, -0.25) is 19.2 Å². The maximum Gasteiger partial charge on any atom is 0.328 e. The summed E-state index contributed by atoms with van der Waals surface area (Å²) in [5, 5.41) is 17.4. The topological polar surface area (TPSA) is 154 Å². The first kappa shape index (κ1) is 25.6. The van der Waals surface area contributed by atoms with Crippen LogP contribution in [-0.2, 0) is 28.7 Å². The Labute approximate surface area is 187 Å². The van der Waals surface area contributed by atoms with Crippen molar-refractivity contribution >= 4 is 29.7 Å². The first-order valence-electron chi connectivity index (χ1n) is 11.2. The highest BCUT2D eigenvalue weighted by Crippen LogP contribution is 2.21. The fraction of sp³-hybridized carbons (Fsp3) is 0.762. The Morgan fingerprint density at radius 2 is 1.88 bits per heavy atom. The lowest BCUT2D eigenvalue weighted by Gasteiger charge is -2.33. The summed E-state index contributed by atoms with van der Waals surface area (Å²) in [6.07, 6.45) is 4.83. The standard InChI is InChI=1S/C21H34N4O7/c1-14(26)32-13-18(27)24-17(21(30)31)11-23-20(29)16-3-2-10-25(12-16)19(28)5-4-15-6-8-22-9-7-15/h15-17,22H,2-13H2,1H3,(H,23,29)(H,24,27)(H,30,31)/t16-,17+/m1/s1. The first-order valence-corrected chi connectivity index (χ1v) is 11.2. The van der Waals surface area contributed by atoms with E-state index in [0.29, 0.717) is 38.3 Å². The normalized spacial score (nSPS) is 20.2. The minimum atomic E-state index is -1.35. The summed E-state index contributed by atoms with van der Waals surface area (Å²) in [4.78, 5) is 60.7. The minimum Gasteiger partial charge on any atom is -0.480 e. The molecular formula is C21H34N4O7. The van der Waals surface area contributed by atoms with Gasteiger partial charge in [-0.1, -0.05) is 0 Å². The highest BCUT2D eigenvalue weighted by Gasteiger charge is 2.30. The number of amides is 3. The van der Waals surface area contributed by atoms with E-state index in [1.807, 2.05) is 0 Å². The number of hydrogen-bond acceptors (Lipinski definition) is 7. The van der Waals surface area contributed by atoms with E-state index in [4.69, 9.17) is 0 Å². The number of carbonyl (C=O) groups excluding carboxylic acids is 4. The molecule has 0 bridgehead atoms. The highest BCUT2D eigenvalue weighted by molar-refractivity contribution is 5.86. The van der Waals surface area contributed by atoms with Crippen LogP contribution in [0.15, 0.2) is 0 Å². The van der Waals surface area contributed by atoms with Gasteiger partial charge in [0.2, 0.25) is 11.8 Å². The number of esters is 1. The molecule has 0 unspecified atom stereocenters. The molecule has 0 aliphatic carbocycles. The van der Waals surface area contributed by atoms with Crippen LogP contribution < -0.4 is 16.0 Å². The van der Waals surface area contributed by atoms with E-state index in [0.717, 1.165) is 39.3 Å². The van der Waals surface area contributed by atoms with E-state index in [-0.39, 0.29) is 18.4 Å². The number of nitrogens with zero attached hydrogens (tertiary/aromatic N) is 1. The summed E-state index contributed by atoms with van der Waals surface area (Å²) in [6.45, 7) is 3.16. The fourth-order valence-electron chi connectivity index (χ4n) is 4.02. The van der Waals surface area contributed by atoms with Gasteiger partial charge in [-0.05, 0) is 51.1 Å². The Bertz CT molecular complexity index is 694. The van der Waals surface area contributed by atoms with Crippen LogP contribution in [0.25, 0.3) is 0 Å². The maximum absolute atomic E-state index is 12.6. The van der Waals surface area contributed by atoms with E-state index in [2.05, 4.69) is 20.7 Å². The van der Waals surface area contributed by atoms with Gasteiger partial charge in [-0.2, -0.15) is 0 Å². The average Bonchev–Trinajstić information content (AvgIpc) is 2.79. The van der Waals surface area contributed by atoms with E-state index in [9.17, 15) is 29.1 Å². The van der Waals surface area contributed by atoms with Crippen LogP contribution in [0.3, 0.4) is 0 Å². The van der Waals surface area contributed by atoms with Gasteiger partial charge in [0.25, 0.3) is 5.91 Å². The lowest BCUT2D eigenvalue weighted by Crippen LogP contribution is -2.52. The largest absolute Gasteiger partial charge is 0.480 e. The fourth-order valence-corrected chi connectivity index (χ4v) is 4.02. The average molecular weight is 455 g/mol. The van der Waals surface area contributed by atoms with Crippen molar-refractivity contribution in [3.05, 3.63) is 0 Å². The molecule has 2 atom stereocenters. The molecule has 0 radical (unpaired) electrons. The van der Waals surface area contributed by atoms with Gasteiger partial charge in [0.1, 0.15) is 6.04 Å². The molecule has 0 aromatic heterocycles. The highest BCUT2D eigenvalue weighted by atomic mass is 16.5. The number of nitrogens with one attached hydrogen (secondary N) is 3. The quantitative estimate of drug-likeness (QED) is 0.315. The van der Waals surface area contributed by atoms with E-state index in [1.54, 1.807) is 4.90 Å². The van der Waals surface area contributed by atoms with Crippen molar-refractivity contribution in [1.29, 1.82) is 0 Å². The molecule has 0 saturated carbocycles. The van der Waals surface area contributed by atoms with Crippen LogP contribution in [0.2, 0.25) is 0 Å². The van der Waals surface area contributed by atoms with Crippen LogP contribution in [0, 0.1) is 11.8 Å². The number of carboxylic acids is 1. The van der Waals surface area contributed by atoms with Gasteiger partial charge < -0.3 is 30.7 Å². The summed E-state index contributed by atoms with van der Waals surface area (Å²) in [7, 11) is 0. The van der Waals surface area contributed by atoms with E-state index < -0.39 is 36.4 Å². The second-order valence-electron chi connectivity index (χ2n) is 8.39. The van der Waals surface area contributed by atoms with Crippen molar-refractivity contribution in [1.82, 2.24) is 20.9 Å². The number of hydrogen-bond donors (Lipinski definition) is 4. The van der Waals surface area contributed by atoms with Gasteiger partial charge in [-0.25, -0.2) is 4.79 Å². The predicted octanol–water partition coefficient (Wildman–Crippen LogP) is -0.746. The Hall–Kier alpha value is -2.69. The number of rotatable bonds is 10. The molecule has 2 fully saturated rings.